The normalized spacial score (nSPS) is 12.7. The Bertz CT molecular complexity index is 798. The molecule has 0 spiro atoms. The van der Waals surface area contributed by atoms with Crippen LogP contribution >= 0.6 is 0 Å². The number of rotatable bonds is 10. The molecule has 0 saturated heterocycles. The lowest BCUT2D eigenvalue weighted by Crippen LogP contribution is -2.36. The summed E-state index contributed by atoms with van der Waals surface area (Å²) in [6.45, 7) is 4.30. The fourth-order valence-electron chi connectivity index (χ4n) is 3.36. The molecule has 3 aromatic rings. The Morgan fingerprint density at radius 3 is 1.66 bits per heavy atom. The van der Waals surface area contributed by atoms with Gasteiger partial charge < -0.3 is 14.7 Å². The van der Waals surface area contributed by atoms with E-state index < -0.39 is 5.60 Å². The van der Waals surface area contributed by atoms with Gasteiger partial charge in [-0.3, -0.25) is 0 Å². The quantitative estimate of drug-likeness (QED) is 0.175. The van der Waals surface area contributed by atoms with E-state index in [4.69, 9.17) is 14.7 Å². The lowest BCUT2D eigenvalue weighted by atomic mass is 9.80. The maximum atomic E-state index is 8.59. The number of ether oxygens (including phenoxy) is 2. The molecule has 0 aromatic heterocycles. The van der Waals surface area contributed by atoms with Crippen LogP contribution in [-0.4, -0.2) is 30.7 Å². The van der Waals surface area contributed by atoms with Crippen molar-refractivity contribution in [1.82, 2.24) is 0 Å². The average molecular weight is 387 g/mol. The molecular weight excluding hydrogens is 362 g/mol. The Labute approximate surface area is 171 Å². The zero-order chi connectivity index (χ0) is 20.4. The molecule has 0 saturated carbocycles. The van der Waals surface area contributed by atoms with Crippen LogP contribution in [0.2, 0.25) is 0 Å². The molecule has 4 heteroatoms. The van der Waals surface area contributed by atoms with Gasteiger partial charge in [-0.2, -0.15) is 0 Å². The maximum Gasteiger partial charge on any atom is 0.143 e. The molecular formula is C25H25NO3. The van der Waals surface area contributed by atoms with Crippen molar-refractivity contribution in [3.8, 4) is 0 Å². The summed E-state index contributed by atoms with van der Waals surface area (Å²) in [7, 11) is 0. The van der Waals surface area contributed by atoms with E-state index in [0.29, 0.717) is 0 Å². The third-order valence-electron chi connectivity index (χ3n) is 4.73. The summed E-state index contributed by atoms with van der Waals surface area (Å²) in [5.41, 5.74) is 2.27. The molecule has 4 nitrogen and oxygen atoms in total. The molecule has 0 radical (unpaired) electrons. The zero-order valence-electron chi connectivity index (χ0n) is 16.2. The number of hydrogen-bond acceptors (Lipinski definition) is 4. The summed E-state index contributed by atoms with van der Waals surface area (Å²) in [4.78, 5) is 0. The Morgan fingerprint density at radius 1 is 0.828 bits per heavy atom. The molecule has 0 heterocycles. The van der Waals surface area contributed by atoms with Crippen molar-refractivity contribution in [2.24, 2.45) is 5.16 Å². The fraction of sp³-hybridized carbons (Fsp3) is 0.160. The van der Waals surface area contributed by atoms with E-state index in [0.717, 1.165) is 16.7 Å². The smallest absolute Gasteiger partial charge is 0.143 e. The van der Waals surface area contributed by atoms with Gasteiger partial charge in [0.05, 0.1) is 25.5 Å². The van der Waals surface area contributed by atoms with Crippen LogP contribution in [0, 0.1) is 0 Å². The van der Waals surface area contributed by atoms with Gasteiger partial charge in [0.2, 0.25) is 0 Å². The van der Waals surface area contributed by atoms with Crippen LogP contribution in [0.4, 0.5) is 0 Å². The summed E-state index contributed by atoms with van der Waals surface area (Å²) in [5.74, 6) is 0. The average Bonchev–Trinajstić information content (AvgIpc) is 2.80. The molecule has 148 valence electrons. The van der Waals surface area contributed by atoms with Crippen LogP contribution in [0.1, 0.15) is 16.7 Å². The van der Waals surface area contributed by atoms with E-state index in [1.165, 1.54) is 6.21 Å². The standard InChI is InChI=1S/C25H25NO3/c1-2-24(28-19-18-26-27)20-29-25(21-12-6-3-7-13-21,22-14-8-4-9-15-22)23-16-10-5-11-17-23/h2-18,24,27H,1,19-20H2/b26-18+/t24-/m0/s1. The molecule has 3 aromatic carbocycles. The van der Waals surface area contributed by atoms with Crippen LogP contribution in [0.15, 0.2) is 109 Å². The largest absolute Gasteiger partial charge is 0.411 e. The predicted octanol–water partition coefficient (Wildman–Crippen LogP) is 5.03. The molecule has 0 unspecified atom stereocenters. The highest BCUT2D eigenvalue weighted by Gasteiger charge is 2.37. The van der Waals surface area contributed by atoms with E-state index in [-0.39, 0.29) is 19.3 Å². The summed E-state index contributed by atoms with van der Waals surface area (Å²) in [6.07, 6.45) is 2.62. The van der Waals surface area contributed by atoms with Gasteiger partial charge in [0, 0.05) is 0 Å². The number of nitrogens with zero attached hydrogens (tertiary/aromatic N) is 1. The highest BCUT2D eigenvalue weighted by atomic mass is 16.5. The minimum absolute atomic E-state index is 0.172. The fourth-order valence-corrected chi connectivity index (χ4v) is 3.36. The Morgan fingerprint density at radius 2 is 1.28 bits per heavy atom. The molecule has 1 N–H and O–H groups in total. The van der Waals surface area contributed by atoms with Gasteiger partial charge in [-0.1, -0.05) is 102 Å². The van der Waals surface area contributed by atoms with Crippen molar-refractivity contribution in [2.45, 2.75) is 11.7 Å². The zero-order valence-corrected chi connectivity index (χ0v) is 16.2. The first-order valence-corrected chi connectivity index (χ1v) is 9.52. The third-order valence-corrected chi connectivity index (χ3v) is 4.73. The van der Waals surface area contributed by atoms with Crippen molar-refractivity contribution in [3.63, 3.8) is 0 Å². The highest BCUT2D eigenvalue weighted by Crippen LogP contribution is 2.40. The first-order chi connectivity index (χ1) is 14.3. The molecule has 3 rings (SSSR count). The topological polar surface area (TPSA) is 51.0 Å². The van der Waals surface area contributed by atoms with Crippen molar-refractivity contribution in [1.29, 1.82) is 0 Å². The van der Waals surface area contributed by atoms with Crippen LogP contribution < -0.4 is 0 Å². The SMILES string of the molecule is C=C[C@@H](COC(c1ccccc1)(c1ccccc1)c1ccccc1)OC/C=N/O. The van der Waals surface area contributed by atoms with Crippen molar-refractivity contribution < 1.29 is 14.7 Å². The van der Waals surface area contributed by atoms with E-state index in [9.17, 15) is 0 Å². The number of benzene rings is 3. The first kappa shape index (κ1) is 20.5. The second kappa shape index (κ2) is 10.4. The molecule has 0 fully saturated rings. The summed E-state index contributed by atoms with van der Waals surface area (Å²) < 4.78 is 12.4. The summed E-state index contributed by atoms with van der Waals surface area (Å²) in [5, 5.41) is 11.6. The molecule has 0 aliphatic heterocycles. The lowest BCUT2D eigenvalue weighted by Gasteiger charge is -2.36. The van der Waals surface area contributed by atoms with Crippen molar-refractivity contribution >= 4 is 6.21 Å². The van der Waals surface area contributed by atoms with Crippen molar-refractivity contribution in [2.75, 3.05) is 13.2 Å². The lowest BCUT2D eigenvalue weighted by molar-refractivity contribution is -0.0409. The summed E-state index contributed by atoms with van der Waals surface area (Å²) in [6, 6.07) is 30.5. The third kappa shape index (κ3) is 4.80. The first-order valence-electron chi connectivity index (χ1n) is 9.52. The monoisotopic (exact) mass is 387 g/mol. The number of hydrogen-bond donors (Lipinski definition) is 1. The Kier molecular flexibility index (Phi) is 7.34. The Balaban J connectivity index is 2.06. The van der Waals surface area contributed by atoms with Crippen molar-refractivity contribution in [3.05, 3.63) is 120 Å². The molecule has 0 aliphatic rings. The maximum absolute atomic E-state index is 8.59. The van der Waals surface area contributed by atoms with E-state index in [1.54, 1.807) is 6.08 Å². The van der Waals surface area contributed by atoms with E-state index in [2.05, 4.69) is 48.1 Å². The van der Waals surface area contributed by atoms with Gasteiger partial charge in [0.25, 0.3) is 0 Å². The van der Waals surface area contributed by atoms with Crippen LogP contribution in [0.3, 0.4) is 0 Å². The van der Waals surface area contributed by atoms with Gasteiger partial charge in [-0.05, 0) is 16.7 Å². The van der Waals surface area contributed by atoms with Gasteiger partial charge in [0.1, 0.15) is 5.60 Å². The molecule has 29 heavy (non-hydrogen) atoms. The second-order valence-electron chi connectivity index (χ2n) is 6.50. The highest BCUT2D eigenvalue weighted by molar-refractivity contribution is 5.57. The van der Waals surface area contributed by atoms with E-state index >= 15 is 0 Å². The van der Waals surface area contributed by atoms with Gasteiger partial charge in [-0.15, -0.1) is 6.58 Å². The minimum atomic E-state index is -0.806. The van der Waals surface area contributed by atoms with Crippen LogP contribution in [0.5, 0.6) is 0 Å². The molecule has 0 bridgehead atoms. The van der Waals surface area contributed by atoms with Gasteiger partial charge in [0.15, 0.2) is 0 Å². The van der Waals surface area contributed by atoms with Gasteiger partial charge in [-0.25, -0.2) is 0 Å². The predicted molar refractivity (Wildman–Crippen MR) is 115 cm³/mol. The van der Waals surface area contributed by atoms with Crippen LogP contribution in [0.25, 0.3) is 0 Å². The molecule has 1 atom stereocenters. The molecule has 0 aliphatic carbocycles. The molecule has 0 amide bonds. The van der Waals surface area contributed by atoms with E-state index in [1.807, 2.05) is 54.6 Å². The van der Waals surface area contributed by atoms with Gasteiger partial charge >= 0.3 is 0 Å². The van der Waals surface area contributed by atoms with Crippen LogP contribution in [-0.2, 0) is 15.1 Å². The number of oxime groups is 1. The Hall–Kier alpha value is -3.21. The minimum Gasteiger partial charge on any atom is -0.411 e. The second-order valence-corrected chi connectivity index (χ2v) is 6.50. The summed E-state index contributed by atoms with van der Waals surface area (Å²) >= 11 is 0.